The second kappa shape index (κ2) is 8.23. The molecular formula is C21H17ClO2. The summed E-state index contributed by atoms with van der Waals surface area (Å²) in [6.07, 6.45) is 1.95. The molecule has 0 aliphatic carbocycles. The van der Waals surface area contributed by atoms with Crippen LogP contribution in [0.15, 0.2) is 90.7 Å². The summed E-state index contributed by atoms with van der Waals surface area (Å²) in [4.78, 5) is 0. The van der Waals surface area contributed by atoms with Gasteiger partial charge in [0, 0.05) is 5.02 Å². The second-order valence-electron chi connectivity index (χ2n) is 5.18. The summed E-state index contributed by atoms with van der Waals surface area (Å²) in [6.45, 7) is 0.335. The highest BCUT2D eigenvalue weighted by atomic mass is 35.5. The zero-order valence-electron chi connectivity index (χ0n) is 13.1. The van der Waals surface area contributed by atoms with Crippen molar-refractivity contribution in [1.82, 2.24) is 0 Å². The fourth-order valence-electron chi connectivity index (χ4n) is 2.16. The van der Waals surface area contributed by atoms with E-state index in [1.54, 1.807) is 0 Å². The predicted molar refractivity (Wildman–Crippen MR) is 98.4 cm³/mol. The van der Waals surface area contributed by atoms with Crippen LogP contribution in [0.1, 0.15) is 5.56 Å². The van der Waals surface area contributed by atoms with Gasteiger partial charge in [0.15, 0.2) is 0 Å². The van der Waals surface area contributed by atoms with Gasteiger partial charge in [-0.25, -0.2) is 0 Å². The number of hydrogen-bond donors (Lipinski definition) is 0. The highest BCUT2D eigenvalue weighted by molar-refractivity contribution is 6.30. The van der Waals surface area contributed by atoms with Crippen LogP contribution < -0.4 is 9.47 Å². The van der Waals surface area contributed by atoms with Crippen molar-refractivity contribution in [3.8, 4) is 11.5 Å². The van der Waals surface area contributed by atoms with E-state index in [9.17, 15) is 0 Å². The first-order valence-corrected chi connectivity index (χ1v) is 8.04. The molecule has 2 nitrogen and oxygen atoms in total. The van der Waals surface area contributed by atoms with Gasteiger partial charge in [-0.15, -0.1) is 0 Å². The highest BCUT2D eigenvalue weighted by Crippen LogP contribution is 2.18. The van der Waals surface area contributed by atoms with E-state index in [0.29, 0.717) is 17.4 Å². The normalized spacial score (nSPS) is 11.1. The summed E-state index contributed by atoms with van der Waals surface area (Å²) in [7, 11) is 0. The van der Waals surface area contributed by atoms with Gasteiger partial charge in [0.2, 0.25) is 0 Å². The average molecular weight is 337 g/mol. The van der Waals surface area contributed by atoms with Crippen LogP contribution in [-0.2, 0) is 0 Å². The van der Waals surface area contributed by atoms with E-state index in [1.807, 2.05) is 91.0 Å². The van der Waals surface area contributed by atoms with E-state index >= 15 is 0 Å². The lowest BCUT2D eigenvalue weighted by atomic mass is 10.2. The smallest absolute Gasteiger partial charge is 0.146 e. The molecule has 0 amide bonds. The molecule has 3 aromatic rings. The summed E-state index contributed by atoms with van der Waals surface area (Å²) in [6, 6.07) is 26.9. The largest absolute Gasteiger partial charge is 0.486 e. The van der Waals surface area contributed by atoms with Crippen LogP contribution in [0.25, 0.3) is 6.08 Å². The number of para-hydroxylation sites is 2. The lowest BCUT2D eigenvalue weighted by Crippen LogP contribution is -2.07. The van der Waals surface area contributed by atoms with E-state index < -0.39 is 0 Å². The van der Waals surface area contributed by atoms with Crippen LogP contribution in [0.2, 0.25) is 5.02 Å². The molecule has 0 heterocycles. The zero-order chi connectivity index (χ0) is 16.6. The third-order valence-corrected chi connectivity index (χ3v) is 3.57. The van der Waals surface area contributed by atoms with E-state index in [2.05, 4.69) is 0 Å². The Bertz CT molecular complexity index is 781. The molecule has 0 radical (unpaired) electrons. The monoisotopic (exact) mass is 336 g/mol. The van der Waals surface area contributed by atoms with Gasteiger partial charge in [-0.05, 0) is 48.0 Å². The number of hydrogen-bond acceptors (Lipinski definition) is 2. The van der Waals surface area contributed by atoms with E-state index in [0.717, 1.165) is 17.1 Å². The minimum absolute atomic E-state index is 0.335. The zero-order valence-corrected chi connectivity index (χ0v) is 13.8. The Kier molecular flexibility index (Phi) is 5.54. The molecule has 0 unspecified atom stereocenters. The summed E-state index contributed by atoms with van der Waals surface area (Å²) in [5.41, 5.74) is 1.00. The molecule has 0 saturated carbocycles. The van der Waals surface area contributed by atoms with Gasteiger partial charge < -0.3 is 9.47 Å². The Hall–Kier alpha value is -2.71. The molecule has 0 aromatic heterocycles. The average Bonchev–Trinajstić information content (AvgIpc) is 2.63. The Morgan fingerprint density at radius 3 is 1.96 bits per heavy atom. The molecule has 3 aromatic carbocycles. The Balaban J connectivity index is 1.78. The molecule has 0 bridgehead atoms. The number of halogens is 1. The Morgan fingerprint density at radius 2 is 1.33 bits per heavy atom. The van der Waals surface area contributed by atoms with Crippen molar-refractivity contribution in [2.24, 2.45) is 0 Å². The van der Waals surface area contributed by atoms with Crippen molar-refractivity contribution in [1.29, 1.82) is 0 Å². The van der Waals surface area contributed by atoms with E-state index in [4.69, 9.17) is 21.1 Å². The number of ether oxygens (including phenoxy) is 2. The van der Waals surface area contributed by atoms with Crippen molar-refractivity contribution in [3.63, 3.8) is 0 Å². The van der Waals surface area contributed by atoms with Crippen molar-refractivity contribution >= 4 is 17.7 Å². The molecule has 0 aliphatic heterocycles. The van der Waals surface area contributed by atoms with E-state index in [1.165, 1.54) is 0 Å². The van der Waals surface area contributed by atoms with Crippen LogP contribution in [-0.4, -0.2) is 6.61 Å². The van der Waals surface area contributed by atoms with Crippen LogP contribution in [0, 0.1) is 0 Å². The standard InChI is InChI=1S/C21H17ClO2/c22-18-13-11-17(12-14-18)15-21(24-20-9-5-2-6-10-20)16-23-19-7-3-1-4-8-19/h1-15H,16H2/b21-15-. The fourth-order valence-corrected chi connectivity index (χ4v) is 2.28. The van der Waals surface area contributed by atoms with Crippen LogP contribution in [0.5, 0.6) is 11.5 Å². The lowest BCUT2D eigenvalue weighted by molar-refractivity contribution is 0.283. The highest BCUT2D eigenvalue weighted by Gasteiger charge is 2.04. The van der Waals surface area contributed by atoms with Gasteiger partial charge in [-0.2, -0.15) is 0 Å². The molecule has 3 heteroatoms. The molecule has 24 heavy (non-hydrogen) atoms. The van der Waals surface area contributed by atoms with Crippen molar-refractivity contribution < 1.29 is 9.47 Å². The van der Waals surface area contributed by atoms with Gasteiger partial charge >= 0.3 is 0 Å². The first kappa shape index (κ1) is 16.2. The van der Waals surface area contributed by atoms with Crippen LogP contribution in [0.4, 0.5) is 0 Å². The molecule has 3 rings (SSSR count). The van der Waals surface area contributed by atoms with Crippen molar-refractivity contribution in [3.05, 3.63) is 101 Å². The molecule has 0 aliphatic rings. The minimum atomic E-state index is 0.335. The second-order valence-corrected chi connectivity index (χ2v) is 5.62. The van der Waals surface area contributed by atoms with Gasteiger partial charge in [-0.1, -0.05) is 60.1 Å². The topological polar surface area (TPSA) is 18.5 Å². The SMILES string of the molecule is Clc1ccc(/C=C(/COc2ccccc2)Oc2ccccc2)cc1. The van der Waals surface area contributed by atoms with Crippen LogP contribution in [0.3, 0.4) is 0 Å². The maximum absolute atomic E-state index is 5.97. The van der Waals surface area contributed by atoms with Gasteiger partial charge in [0.05, 0.1) is 0 Å². The minimum Gasteiger partial charge on any atom is -0.486 e. The Labute approximate surface area is 146 Å². The summed E-state index contributed by atoms with van der Waals surface area (Å²) < 4.78 is 11.8. The predicted octanol–water partition coefficient (Wildman–Crippen LogP) is 5.84. The third-order valence-electron chi connectivity index (χ3n) is 3.31. The first-order chi connectivity index (χ1) is 11.8. The van der Waals surface area contributed by atoms with Gasteiger partial charge in [0.25, 0.3) is 0 Å². The molecule has 0 atom stereocenters. The van der Waals surface area contributed by atoms with E-state index in [-0.39, 0.29) is 0 Å². The van der Waals surface area contributed by atoms with Crippen molar-refractivity contribution in [2.75, 3.05) is 6.61 Å². The quantitative estimate of drug-likeness (QED) is 0.526. The molecule has 0 N–H and O–H groups in total. The Morgan fingerprint density at radius 1 is 0.750 bits per heavy atom. The fraction of sp³-hybridized carbons (Fsp3) is 0.0476. The summed E-state index contributed by atoms with van der Waals surface area (Å²) in [5, 5.41) is 0.707. The van der Waals surface area contributed by atoms with Crippen molar-refractivity contribution in [2.45, 2.75) is 0 Å². The molecule has 0 saturated heterocycles. The third kappa shape index (κ3) is 4.90. The maximum Gasteiger partial charge on any atom is 0.146 e. The van der Waals surface area contributed by atoms with Gasteiger partial charge in [0.1, 0.15) is 23.9 Å². The molecule has 120 valence electrons. The summed E-state index contributed by atoms with van der Waals surface area (Å²) >= 11 is 5.94. The summed E-state index contributed by atoms with van der Waals surface area (Å²) in [5.74, 6) is 2.29. The molecule has 0 spiro atoms. The van der Waals surface area contributed by atoms with Crippen LogP contribution >= 0.6 is 11.6 Å². The lowest BCUT2D eigenvalue weighted by Gasteiger charge is -2.12. The number of benzene rings is 3. The van der Waals surface area contributed by atoms with Gasteiger partial charge in [-0.3, -0.25) is 0 Å². The maximum atomic E-state index is 5.97. The molecular weight excluding hydrogens is 320 g/mol. The first-order valence-electron chi connectivity index (χ1n) is 7.66. The number of rotatable bonds is 6. The molecule has 0 fully saturated rings.